The third-order valence-electron chi connectivity index (χ3n) is 1.39. The number of rotatable bonds is 6. The zero-order valence-corrected chi connectivity index (χ0v) is 6.19. The van der Waals surface area contributed by atoms with Crippen molar-refractivity contribution in [2.45, 2.75) is 45.4 Å². The fourth-order valence-corrected chi connectivity index (χ4v) is 0.808. The molecule has 0 saturated heterocycles. The quantitative estimate of drug-likeness (QED) is 0.550. The lowest BCUT2D eigenvalue weighted by Gasteiger charge is -1.95. The van der Waals surface area contributed by atoms with E-state index in [0.29, 0.717) is 0 Å². The van der Waals surface area contributed by atoms with Gasteiger partial charge in [-0.1, -0.05) is 39.0 Å². The fourth-order valence-electron chi connectivity index (χ4n) is 0.808. The number of hydrogen-bond donors (Lipinski definition) is 1. The lowest BCUT2D eigenvalue weighted by atomic mass is 10.1. The summed E-state index contributed by atoms with van der Waals surface area (Å²) in [7, 11) is 0. The summed E-state index contributed by atoms with van der Waals surface area (Å²) in [6.07, 6.45) is 5.68. The number of hydrogen-bond acceptors (Lipinski definition) is 1. The predicted molar refractivity (Wildman–Crippen MR) is 40.5 cm³/mol. The Labute approximate surface area is 60.9 Å². The second-order valence-electron chi connectivity index (χ2n) is 2.32. The molecule has 0 aliphatic rings. The van der Waals surface area contributed by atoms with Gasteiger partial charge < -0.3 is 5.11 Å². The molecule has 0 aromatic carbocycles. The van der Waals surface area contributed by atoms with Gasteiger partial charge in [-0.25, -0.2) is 0 Å². The Bertz CT molecular complexity index is 88.6. The minimum absolute atomic E-state index is 0.275. The van der Waals surface area contributed by atoms with Crippen LogP contribution >= 0.6 is 0 Å². The first-order valence-electron chi connectivity index (χ1n) is 4.78. The molecule has 0 amide bonds. The first-order valence-corrected chi connectivity index (χ1v) is 3.78. The van der Waals surface area contributed by atoms with Gasteiger partial charge in [0.15, 0.2) is 0 Å². The van der Waals surface area contributed by atoms with Crippen LogP contribution in [0.4, 0.5) is 0 Å². The molecule has 9 heavy (non-hydrogen) atoms. The highest BCUT2D eigenvalue weighted by molar-refractivity contribution is 4.41. The van der Waals surface area contributed by atoms with Crippen LogP contribution in [0, 0.1) is 0 Å². The lowest BCUT2D eigenvalue weighted by molar-refractivity contribution is 0.282. The van der Waals surface area contributed by atoms with Crippen molar-refractivity contribution in [1.29, 1.82) is 0 Å². The third kappa shape index (κ3) is 7.96. The maximum Gasteiger partial charge on any atom is 0.0564 e. The van der Waals surface area contributed by atoms with Crippen molar-refractivity contribution >= 4 is 0 Å². The summed E-state index contributed by atoms with van der Waals surface area (Å²) in [5, 5.41) is 8.71. The second kappa shape index (κ2) is 7.96. The summed E-state index contributed by atoms with van der Waals surface area (Å²) in [6.45, 7) is 0.192. The molecule has 0 fully saturated rings. The zero-order chi connectivity index (χ0) is 8.74. The highest BCUT2D eigenvalue weighted by atomic mass is 16.2. The minimum Gasteiger partial charge on any atom is -0.396 e. The second-order valence-corrected chi connectivity index (χ2v) is 2.32. The van der Waals surface area contributed by atoms with Crippen molar-refractivity contribution < 1.29 is 7.85 Å². The van der Waals surface area contributed by atoms with Crippen LogP contribution in [0.3, 0.4) is 0 Å². The van der Waals surface area contributed by atoms with E-state index in [2.05, 4.69) is 6.92 Å². The average molecular weight is 132 g/mol. The molecule has 0 aliphatic heterocycles. The zero-order valence-electron chi connectivity index (χ0n) is 8.19. The van der Waals surface area contributed by atoms with Crippen LogP contribution in [0.5, 0.6) is 0 Å². The highest BCUT2D eigenvalue weighted by Crippen LogP contribution is 2.03. The molecule has 0 aliphatic carbocycles. The smallest absolute Gasteiger partial charge is 0.0564 e. The van der Waals surface area contributed by atoms with Crippen LogP contribution < -0.4 is 0 Å². The Morgan fingerprint density at radius 3 is 2.22 bits per heavy atom. The van der Waals surface area contributed by atoms with Gasteiger partial charge in [0, 0.05) is 6.56 Å². The molecule has 0 atom stereocenters. The third-order valence-corrected chi connectivity index (χ3v) is 1.39. The standard InChI is InChI=1S/C8H18O/c1-2-3-4-5-6-7-8-9/h9H,2-8H2,1H3/i8D2. The summed E-state index contributed by atoms with van der Waals surface area (Å²) in [6, 6.07) is 0. The van der Waals surface area contributed by atoms with Gasteiger partial charge in [-0.3, -0.25) is 0 Å². The van der Waals surface area contributed by atoms with E-state index in [4.69, 9.17) is 7.85 Å². The summed E-state index contributed by atoms with van der Waals surface area (Å²) >= 11 is 0. The van der Waals surface area contributed by atoms with Crippen molar-refractivity contribution in [3.05, 3.63) is 0 Å². The molecule has 0 aromatic heterocycles. The van der Waals surface area contributed by atoms with E-state index in [9.17, 15) is 0 Å². The monoisotopic (exact) mass is 132 g/mol. The molecule has 0 radical (unpaired) electrons. The Balaban J connectivity index is 3.02. The molecular weight excluding hydrogens is 112 g/mol. The molecule has 0 heterocycles. The van der Waals surface area contributed by atoms with Gasteiger partial charge in [-0.15, -0.1) is 0 Å². The maximum atomic E-state index is 8.71. The molecule has 1 nitrogen and oxygen atoms in total. The van der Waals surface area contributed by atoms with Gasteiger partial charge in [0.25, 0.3) is 0 Å². The molecule has 56 valence electrons. The van der Waals surface area contributed by atoms with E-state index >= 15 is 0 Å². The summed E-state index contributed by atoms with van der Waals surface area (Å²) in [4.78, 5) is 0. The highest BCUT2D eigenvalue weighted by Gasteiger charge is 1.86. The van der Waals surface area contributed by atoms with Crippen LogP contribution in [0.2, 0.25) is 0 Å². The van der Waals surface area contributed by atoms with Crippen LogP contribution in [-0.4, -0.2) is 11.7 Å². The van der Waals surface area contributed by atoms with E-state index in [1.54, 1.807) is 0 Å². The fraction of sp³-hybridized carbons (Fsp3) is 1.00. The molecule has 0 bridgehead atoms. The van der Waals surface area contributed by atoms with E-state index < -0.39 is 6.56 Å². The molecule has 0 spiro atoms. The largest absolute Gasteiger partial charge is 0.396 e. The maximum absolute atomic E-state index is 8.71. The van der Waals surface area contributed by atoms with Gasteiger partial charge in [0.05, 0.1) is 2.74 Å². The Morgan fingerprint density at radius 2 is 1.67 bits per heavy atom. The van der Waals surface area contributed by atoms with Crippen LogP contribution in [-0.2, 0) is 0 Å². The van der Waals surface area contributed by atoms with Gasteiger partial charge in [0.2, 0.25) is 0 Å². The van der Waals surface area contributed by atoms with E-state index in [-0.39, 0.29) is 6.42 Å². The molecule has 0 unspecified atom stereocenters. The topological polar surface area (TPSA) is 20.2 Å². The number of unbranched alkanes of at least 4 members (excludes halogenated alkanes) is 4. The molecule has 0 saturated carbocycles. The van der Waals surface area contributed by atoms with Crippen molar-refractivity contribution in [2.75, 3.05) is 6.56 Å². The van der Waals surface area contributed by atoms with Gasteiger partial charge in [-0.2, -0.15) is 0 Å². The summed E-state index contributed by atoms with van der Waals surface area (Å²) < 4.78 is 13.7. The van der Waals surface area contributed by atoms with Crippen LogP contribution in [0.25, 0.3) is 0 Å². The average Bonchev–Trinajstić information content (AvgIpc) is 1.85. The van der Waals surface area contributed by atoms with Gasteiger partial charge >= 0.3 is 0 Å². The molecular formula is C8H18O. The summed E-state index contributed by atoms with van der Waals surface area (Å²) in [5.74, 6) is 0. The van der Waals surface area contributed by atoms with Crippen molar-refractivity contribution in [2.24, 2.45) is 0 Å². The SMILES string of the molecule is [2H]C([2H])(O)CCCCCCC. The van der Waals surface area contributed by atoms with Crippen molar-refractivity contribution in [3.63, 3.8) is 0 Å². The molecule has 1 N–H and O–H groups in total. The van der Waals surface area contributed by atoms with E-state index in [1.807, 2.05) is 0 Å². The molecule has 1 heteroatoms. The summed E-state index contributed by atoms with van der Waals surface area (Å²) in [5.41, 5.74) is 0. The predicted octanol–water partition coefficient (Wildman–Crippen LogP) is 2.34. The normalized spacial score (nSPS) is 14.9. The molecule has 0 aromatic rings. The van der Waals surface area contributed by atoms with Crippen molar-refractivity contribution in [3.8, 4) is 0 Å². The Hall–Kier alpha value is -0.0400. The van der Waals surface area contributed by atoms with E-state index in [1.165, 1.54) is 12.8 Å². The van der Waals surface area contributed by atoms with E-state index in [0.717, 1.165) is 19.3 Å². The van der Waals surface area contributed by atoms with Crippen LogP contribution in [0.1, 0.15) is 48.2 Å². The Morgan fingerprint density at radius 1 is 1.11 bits per heavy atom. The Kier molecular flexibility index (Phi) is 5.06. The van der Waals surface area contributed by atoms with Gasteiger partial charge in [0.1, 0.15) is 0 Å². The first-order chi connectivity index (χ1) is 5.06. The van der Waals surface area contributed by atoms with Crippen molar-refractivity contribution in [1.82, 2.24) is 0 Å². The first kappa shape index (κ1) is 5.72. The lowest BCUT2D eigenvalue weighted by Crippen LogP contribution is -1.82. The molecule has 0 rings (SSSR count). The number of aliphatic hydroxyl groups is 1. The minimum atomic E-state index is -1.95. The van der Waals surface area contributed by atoms with Gasteiger partial charge in [-0.05, 0) is 6.42 Å². The van der Waals surface area contributed by atoms with Crippen LogP contribution in [0.15, 0.2) is 0 Å².